The SMILES string of the molecule is NCCn1c(=O)ccn(CC(=O)NC2CCCCC2)c1=O. The van der Waals surface area contributed by atoms with Gasteiger partial charge in [0.15, 0.2) is 0 Å². The summed E-state index contributed by atoms with van der Waals surface area (Å²) in [6.45, 7) is 0.288. The number of carbonyl (C=O) groups is 1. The summed E-state index contributed by atoms with van der Waals surface area (Å²) >= 11 is 0. The van der Waals surface area contributed by atoms with E-state index < -0.39 is 11.2 Å². The zero-order chi connectivity index (χ0) is 15.2. The second-order valence-corrected chi connectivity index (χ2v) is 5.41. The summed E-state index contributed by atoms with van der Waals surface area (Å²) in [7, 11) is 0. The van der Waals surface area contributed by atoms with Gasteiger partial charge in [-0.25, -0.2) is 4.79 Å². The van der Waals surface area contributed by atoms with Crippen molar-refractivity contribution in [3.63, 3.8) is 0 Å². The van der Waals surface area contributed by atoms with Gasteiger partial charge in [-0.3, -0.25) is 18.7 Å². The minimum atomic E-state index is -0.494. The van der Waals surface area contributed by atoms with Crippen LogP contribution in [0.1, 0.15) is 32.1 Å². The Morgan fingerprint density at radius 2 is 2.00 bits per heavy atom. The van der Waals surface area contributed by atoms with Crippen molar-refractivity contribution in [2.75, 3.05) is 6.54 Å². The smallest absolute Gasteiger partial charge is 0.331 e. The number of hydrogen-bond donors (Lipinski definition) is 2. The first kappa shape index (κ1) is 15.5. The molecule has 0 atom stereocenters. The summed E-state index contributed by atoms with van der Waals surface area (Å²) in [5.74, 6) is -0.193. The number of aromatic nitrogens is 2. The summed E-state index contributed by atoms with van der Waals surface area (Å²) in [4.78, 5) is 35.7. The predicted molar refractivity (Wildman–Crippen MR) is 79.0 cm³/mol. The molecule has 21 heavy (non-hydrogen) atoms. The monoisotopic (exact) mass is 294 g/mol. The van der Waals surface area contributed by atoms with E-state index in [4.69, 9.17) is 5.73 Å². The first-order chi connectivity index (χ1) is 10.1. The van der Waals surface area contributed by atoms with Crippen molar-refractivity contribution in [2.24, 2.45) is 5.73 Å². The molecule has 1 fully saturated rings. The molecule has 116 valence electrons. The van der Waals surface area contributed by atoms with Gasteiger partial charge in [0.25, 0.3) is 5.56 Å². The maximum Gasteiger partial charge on any atom is 0.331 e. The van der Waals surface area contributed by atoms with Crippen molar-refractivity contribution in [3.8, 4) is 0 Å². The number of amides is 1. The molecule has 3 N–H and O–H groups in total. The fourth-order valence-corrected chi connectivity index (χ4v) is 2.69. The largest absolute Gasteiger partial charge is 0.352 e. The van der Waals surface area contributed by atoms with Crippen LogP contribution in [0.3, 0.4) is 0 Å². The Bertz CT molecular complexity index is 599. The number of nitrogens with one attached hydrogen (secondary N) is 1. The topological polar surface area (TPSA) is 99.1 Å². The van der Waals surface area contributed by atoms with Gasteiger partial charge in [-0.15, -0.1) is 0 Å². The Labute approximate surface area is 122 Å². The van der Waals surface area contributed by atoms with Crippen LogP contribution in [0.25, 0.3) is 0 Å². The molecule has 7 heteroatoms. The maximum absolute atomic E-state index is 12.1. The second-order valence-electron chi connectivity index (χ2n) is 5.41. The standard InChI is InChI=1S/C14H22N4O3/c15-7-9-18-13(20)6-8-17(14(18)21)10-12(19)16-11-4-2-1-3-5-11/h6,8,11H,1-5,7,9-10,15H2,(H,16,19). The fourth-order valence-electron chi connectivity index (χ4n) is 2.69. The van der Waals surface area contributed by atoms with Gasteiger partial charge in [0, 0.05) is 31.4 Å². The highest BCUT2D eigenvalue weighted by Gasteiger charge is 2.16. The van der Waals surface area contributed by atoms with Crippen LogP contribution in [0, 0.1) is 0 Å². The molecule has 2 rings (SSSR count). The van der Waals surface area contributed by atoms with Crippen LogP contribution in [-0.4, -0.2) is 27.6 Å². The fraction of sp³-hybridized carbons (Fsp3) is 0.643. The molecule has 7 nitrogen and oxygen atoms in total. The molecule has 1 aliphatic carbocycles. The van der Waals surface area contributed by atoms with Gasteiger partial charge in [0.2, 0.25) is 5.91 Å². The lowest BCUT2D eigenvalue weighted by atomic mass is 9.95. The number of nitrogens with two attached hydrogens (primary N) is 1. The Kier molecular flexibility index (Phi) is 5.32. The van der Waals surface area contributed by atoms with E-state index in [0.29, 0.717) is 0 Å². The lowest BCUT2D eigenvalue weighted by Gasteiger charge is -2.22. The van der Waals surface area contributed by atoms with Gasteiger partial charge < -0.3 is 11.1 Å². The van der Waals surface area contributed by atoms with Crippen LogP contribution in [0.5, 0.6) is 0 Å². The molecular weight excluding hydrogens is 272 g/mol. The molecule has 1 heterocycles. The Morgan fingerprint density at radius 3 is 2.67 bits per heavy atom. The number of hydrogen-bond acceptors (Lipinski definition) is 4. The average molecular weight is 294 g/mol. The van der Waals surface area contributed by atoms with Crippen LogP contribution in [0.2, 0.25) is 0 Å². The van der Waals surface area contributed by atoms with E-state index in [1.54, 1.807) is 0 Å². The molecule has 1 aliphatic rings. The van der Waals surface area contributed by atoms with E-state index in [-0.39, 0.29) is 31.6 Å². The van der Waals surface area contributed by atoms with E-state index in [0.717, 1.165) is 30.3 Å². The van der Waals surface area contributed by atoms with Crippen molar-refractivity contribution in [2.45, 2.75) is 51.2 Å². The summed E-state index contributed by atoms with van der Waals surface area (Å²) in [6, 6.07) is 1.49. The molecular formula is C14H22N4O3. The first-order valence-electron chi connectivity index (χ1n) is 7.41. The third-order valence-corrected chi connectivity index (χ3v) is 3.78. The molecule has 0 bridgehead atoms. The Balaban J connectivity index is 2.05. The Morgan fingerprint density at radius 1 is 1.29 bits per heavy atom. The minimum Gasteiger partial charge on any atom is -0.352 e. The highest BCUT2D eigenvalue weighted by atomic mass is 16.2. The molecule has 0 unspecified atom stereocenters. The number of nitrogens with zero attached hydrogens (tertiary/aromatic N) is 2. The molecule has 0 radical (unpaired) electrons. The van der Waals surface area contributed by atoms with Crippen LogP contribution in [0.4, 0.5) is 0 Å². The molecule has 0 saturated heterocycles. The first-order valence-corrected chi connectivity index (χ1v) is 7.41. The van der Waals surface area contributed by atoms with E-state index in [1.165, 1.54) is 23.3 Å². The van der Waals surface area contributed by atoms with E-state index in [2.05, 4.69) is 5.32 Å². The molecule has 0 aliphatic heterocycles. The summed E-state index contributed by atoms with van der Waals surface area (Å²) in [6.07, 6.45) is 6.83. The second kappa shape index (κ2) is 7.21. The minimum absolute atomic E-state index is 0.0693. The highest BCUT2D eigenvalue weighted by molar-refractivity contribution is 5.76. The van der Waals surface area contributed by atoms with Crippen LogP contribution >= 0.6 is 0 Å². The Hall–Kier alpha value is -1.89. The normalized spacial score (nSPS) is 15.9. The van der Waals surface area contributed by atoms with Gasteiger partial charge >= 0.3 is 5.69 Å². The van der Waals surface area contributed by atoms with Gasteiger partial charge in [0.05, 0.1) is 0 Å². The van der Waals surface area contributed by atoms with Crippen molar-refractivity contribution < 1.29 is 4.79 Å². The van der Waals surface area contributed by atoms with Crippen LogP contribution in [0.15, 0.2) is 21.9 Å². The maximum atomic E-state index is 12.1. The summed E-state index contributed by atoms with van der Waals surface area (Å²) in [5.41, 5.74) is 4.50. The molecule has 1 amide bonds. The predicted octanol–water partition coefficient (Wildman–Crippen LogP) is -0.582. The zero-order valence-corrected chi connectivity index (χ0v) is 12.1. The molecule has 0 aromatic carbocycles. The van der Waals surface area contributed by atoms with E-state index in [9.17, 15) is 14.4 Å². The number of carbonyl (C=O) groups excluding carboxylic acids is 1. The lowest BCUT2D eigenvalue weighted by molar-refractivity contribution is -0.122. The molecule has 1 aromatic rings. The van der Waals surface area contributed by atoms with E-state index >= 15 is 0 Å². The molecule has 0 spiro atoms. The van der Waals surface area contributed by atoms with Gasteiger partial charge in [-0.1, -0.05) is 19.3 Å². The summed E-state index contributed by atoms with van der Waals surface area (Å²) in [5, 5.41) is 2.95. The average Bonchev–Trinajstić information content (AvgIpc) is 2.47. The zero-order valence-electron chi connectivity index (χ0n) is 12.1. The quantitative estimate of drug-likeness (QED) is 0.758. The van der Waals surface area contributed by atoms with Gasteiger partial charge in [-0.05, 0) is 12.8 Å². The van der Waals surface area contributed by atoms with Gasteiger partial charge in [-0.2, -0.15) is 0 Å². The van der Waals surface area contributed by atoms with Crippen molar-refractivity contribution in [1.29, 1.82) is 0 Å². The van der Waals surface area contributed by atoms with E-state index in [1.807, 2.05) is 0 Å². The molecule has 1 saturated carbocycles. The van der Waals surface area contributed by atoms with Gasteiger partial charge in [0.1, 0.15) is 6.54 Å². The van der Waals surface area contributed by atoms with Crippen molar-refractivity contribution in [1.82, 2.24) is 14.5 Å². The van der Waals surface area contributed by atoms with Crippen LogP contribution in [-0.2, 0) is 17.9 Å². The molecule has 1 aromatic heterocycles. The third kappa shape index (κ3) is 4.04. The lowest BCUT2D eigenvalue weighted by Crippen LogP contribution is -2.44. The highest BCUT2D eigenvalue weighted by Crippen LogP contribution is 2.17. The van der Waals surface area contributed by atoms with Crippen molar-refractivity contribution >= 4 is 5.91 Å². The summed E-state index contributed by atoms with van der Waals surface area (Å²) < 4.78 is 2.29. The van der Waals surface area contributed by atoms with Crippen molar-refractivity contribution in [3.05, 3.63) is 33.1 Å². The third-order valence-electron chi connectivity index (χ3n) is 3.78. The van der Waals surface area contributed by atoms with Crippen LogP contribution < -0.4 is 22.3 Å². The number of rotatable bonds is 5.